The number of nitro groups is 1. The number of carboxylic acid groups (broad SMARTS) is 1. The fraction of sp³-hybridized carbons (Fsp3) is 0.143. The molecule has 1 heterocycles. The molecule has 0 atom stereocenters. The van der Waals surface area contributed by atoms with Crippen LogP contribution in [0.5, 0.6) is 0 Å². The number of hydrogen-bond acceptors (Lipinski definition) is 6. The number of esters is 1. The molecule has 0 radical (unpaired) electrons. The van der Waals surface area contributed by atoms with Crippen LogP contribution in [-0.2, 0) is 14.3 Å². The van der Waals surface area contributed by atoms with Gasteiger partial charge in [-0.25, -0.2) is 9.59 Å². The zero-order valence-corrected chi connectivity index (χ0v) is 15.8. The standard InChI is InChI=1S/C21H18N2O6/c1-13-17(21(26)29-2)12-18(20(24)25)19(14-6-4-3-5-7-14)22(13)15-8-10-16(11-9-15)23(27)28/h3-11H,12H2,1-2H3,(H,24,25). The Kier molecular flexibility index (Phi) is 5.45. The van der Waals surface area contributed by atoms with Crippen molar-refractivity contribution in [1.82, 2.24) is 0 Å². The Labute approximate surface area is 166 Å². The predicted molar refractivity (Wildman–Crippen MR) is 106 cm³/mol. The fourth-order valence-corrected chi connectivity index (χ4v) is 3.29. The number of methoxy groups -OCH3 is 1. The lowest BCUT2D eigenvalue weighted by molar-refractivity contribution is -0.384. The first kappa shape index (κ1) is 19.8. The van der Waals surface area contributed by atoms with Gasteiger partial charge < -0.3 is 14.7 Å². The van der Waals surface area contributed by atoms with Crippen molar-refractivity contribution in [1.29, 1.82) is 0 Å². The van der Waals surface area contributed by atoms with E-state index in [-0.39, 0.29) is 23.3 Å². The van der Waals surface area contributed by atoms with Crippen molar-refractivity contribution < 1.29 is 24.4 Å². The van der Waals surface area contributed by atoms with Gasteiger partial charge in [0.25, 0.3) is 5.69 Å². The van der Waals surface area contributed by atoms with Crippen LogP contribution >= 0.6 is 0 Å². The van der Waals surface area contributed by atoms with Gasteiger partial charge in [0.1, 0.15) is 0 Å². The molecular formula is C21H18N2O6. The van der Waals surface area contributed by atoms with Crippen LogP contribution in [0.2, 0.25) is 0 Å². The highest BCUT2D eigenvalue weighted by atomic mass is 16.6. The van der Waals surface area contributed by atoms with Gasteiger partial charge in [0.2, 0.25) is 0 Å². The van der Waals surface area contributed by atoms with E-state index in [2.05, 4.69) is 0 Å². The highest BCUT2D eigenvalue weighted by molar-refractivity contribution is 6.06. The van der Waals surface area contributed by atoms with Gasteiger partial charge in [0, 0.05) is 29.9 Å². The van der Waals surface area contributed by atoms with E-state index in [1.165, 1.54) is 31.4 Å². The summed E-state index contributed by atoms with van der Waals surface area (Å²) in [6.45, 7) is 1.69. The molecule has 2 aromatic rings. The first-order valence-electron chi connectivity index (χ1n) is 8.69. The summed E-state index contributed by atoms with van der Waals surface area (Å²) in [5.74, 6) is -1.79. The highest BCUT2D eigenvalue weighted by Gasteiger charge is 2.33. The fourth-order valence-electron chi connectivity index (χ4n) is 3.29. The monoisotopic (exact) mass is 394 g/mol. The lowest BCUT2D eigenvalue weighted by atomic mass is 9.92. The number of hydrogen-bond donors (Lipinski definition) is 1. The summed E-state index contributed by atoms with van der Waals surface area (Å²) in [5.41, 5.74) is 2.18. The van der Waals surface area contributed by atoms with Crippen molar-refractivity contribution in [3.63, 3.8) is 0 Å². The van der Waals surface area contributed by atoms with E-state index in [9.17, 15) is 24.8 Å². The third-order valence-electron chi connectivity index (χ3n) is 4.69. The van der Waals surface area contributed by atoms with E-state index >= 15 is 0 Å². The van der Waals surface area contributed by atoms with Gasteiger partial charge in [-0.3, -0.25) is 10.1 Å². The molecular weight excluding hydrogens is 376 g/mol. The predicted octanol–water partition coefficient (Wildman–Crippen LogP) is 3.75. The van der Waals surface area contributed by atoms with Gasteiger partial charge in [-0.2, -0.15) is 0 Å². The third-order valence-corrected chi connectivity index (χ3v) is 4.69. The number of ether oxygens (including phenoxy) is 1. The van der Waals surface area contributed by atoms with E-state index in [0.29, 0.717) is 22.6 Å². The summed E-state index contributed by atoms with van der Waals surface area (Å²) in [6.07, 6.45) is -0.0957. The summed E-state index contributed by atoms with van der Waals surface area (Å²) < 4.78 is 4.84. The number of carbonyl (C=O) groups is 2. The third kappa shape index (κ3) is 3.73. The first-order chi connectivity index (χ1) is 13.8. The van der Waals surface area contributed by atoms with Crippen molar-refractivity contribution >= 4 is 29.0 Å². The van der Waals surface area contributed by atoms with Gasteiger partial charge in [-0.1, -0.05) is 30.3 Å². The van der Waals surface area contributed by atoms with E-state index in [1.807, 2.05) is 6.07 Å². The quantitative estimate of drug-likeness (QED) is 0.467. The van der Waals surface area contributed by atoms with Crippen molar-refractivity contribution in [2.75, 3.05) is 12.0 Å². The summed E-state index contributed by atoms with van der Waals surface area (Å²) in [6, 6.07) is 14.6. The number of allylic oxidation sites excluding steroid dienone is 1. The number of non-ortho nitro benzene ring substituents is 1. The van der Waals surface area contributed by atoms with Crippen molar-refractivity contribution in [2.24, 2.45) is 0 Å². The number of carbonyl (C=O) groups excluding carboxylic acids is 1. The lowest BCUT2D eigenvalue weighted by Gasteiger charge is -2.35. The molecule has 2 aromatic carbocycles. The summed E-state index contributed by atoms with van der Waals surface area (Å²) >= 11 is 0. The zero-order chi connectivity index (χ0) is 21.1. The largest absolute Gasteiger partial charge is 0.478 e. The molecule has 0 saturated heterocycles. The number of carboxylic acids is 1. The molecule has 0 aliphatic carbocycles. The number of benzene rings is 2. The van der Waals surface area contributed by atoms with E-state index in [0.717, 1.165) is 0 Å². The van der Waals surface area contributed by atoms with Crippen LogP contribution in [0, 0.1) is 10.1 Å². The van der Waals surface area contributed by atoms with Crippen molar-refractivity contribution in [3.8, 4) is 0 Å². The van der Waals surface area contributed by atoms with Crippen LogP contribution < -0.4 is 4.90 Å². The number of rotatable bonds is 5. The van der Waals surface area contributed by atoms with Gasteiger partial charge in [-0.15, -0.1) is 0 Å². The molecule has 0 saturated carbocycles. The Morgan fingerprint density at radius 3 is 2.21 bits per heavy atom. The van der Waals surface area contributed by atoms with Crippen molar-refractivity contribution in [3.05, 3.63) is 87.1 Å². The average Bonchev–Trinajstić information content (AvgIpc) is 2.73. The molecule has 0 spiro atoms. The van der Waals surface area contributed by atoms with E-state index in [4.69, 9.17) is 4.74 Å². The molecule has 148 valence electrons. The normalized spacial score (nSPS) is 14.1. The molecule has 0 aromatic heterocycles. The number of nitrogens with zero attached hydrogens (tertiary/aromatic N) is 2. The van der Waals surface area contributed by atoms with E-state index < -0.39 is 16.9 Å². The second kappa shape index (κ2) is 7.97. The Balaban J connectivity index is 2.27. The molecule has 1 aliphatic heterocycles. The topological polar surface area (TPSA) is 110 Å². The second-order valence-electron chi connectivity index (χ2n) is 6.34. The minimum absolute atomic E-state index is 0.0283. The molecule has 1 aliphatic rings. The Bertz CT molecular complexity index is 1040. The first-order valence-corrected chi connectivity index (χ1v) is 8.69. The number of anilines is 1. The molecule has 0 fully saturated rings. The summed E-state index contributed by atoms with van der Waals surface area (Å²) in [4.78, 5) is 36.5. The van der Waals surface area contributed by atoms with Crippen LogP contribution in [0.1, 0.15) is 18.9 Å². The maximum atomic E-state index is 12.3. The lowest BCUT2D eigenvalue weighted by Crippen LogP contribution is -2.30. The molecule has 0 amide bonds. The van der Waals surface area contributed by atoms with Gasteiger partial charge >= 0.3 is 11.9 Å². The number of aliphatic carboxylic acids is 1. The van der Waals surface area contributed by atoms with E-state index in [1.54, 1.807) is 36.1 Å². The van der Waals surface area contributed by atoms with Crippen LogP contribution in [0.3, 0.4) is 0 Å². The maximum absolute atomic E-state index is 12.3. The Morgan fingerprint density at radius 1 is 1.07 bits per heavy atom. The molecule has 1 N–H and O–H groups in total. The Morgan fingerprint density at radius 2 is 1.69 bits per heavy atom. The van der Waals surface area contributed by atoms with Gasteiger partial charge in [0.05, 0.1) is 28.9 Å². The molecule has 0 bridgehead atoms. The zero-order valence-electron chi connectivity index (χ0n) is 15.8. The maximum Gasteiger partial charge on any atom is 0.335 e. The van der Waals surface area contributed by atoms with Crippen LogP contribution in [0.4, 0.5) is 11.4 Å². The molecule has 3 rings (SSSR count). The molecule has 29 heavy (non-hydrogen) atoms. The number of nitro benzene ring substituents is 1. The van der Waals surface area contributed by atoms with Crippen LogP contribution in [0.15, 0.2) is 71.4 Å². The summed E-state index contributed by atoms with van der Waals surface area (Å²) in [5, 5.41) is 20.9. The smallest absolute Gasteiger partial charge is 0.335 e. The minimum atomic E-state index is -1.16. The minimum Gasteiger partial charge on any atom is -0.478 e. The summed E-state index contributed by atoms with van der Waals surface area (Å²) in [7, 11) is 1.23. The van der Waals surface area contributed by atoms with Crippen molar-refractivity contribution in [2.45, 2.75) is 13.3 Å². The average molecular weight is 394 g/mol. The van der Waals surface area contributed by atoms with Crippen LogP contribution in [-0.4, -0.2) is 29.1 Å². The SMILES string of the molecule is COC(=O)C1=C(C)N(c2ccc([N+](=O)[O-])cc2)C(c2ccccc2)=C(C(=O)O)C1. The molecule has 8 heteroatoms. The van der Waals surface area contributed by atoms with Gasteiger partial charge in [0.15, 0.2) is 0 Å². The molecule has 0 unspecified atom stereocenters. The molecule has 8 nitrogen and oxygen atoms in total. The Hall–Kier alpha value is -3.94. The second-order valence-corrected chi connectivity index (χ2v) is 6.34. The van der Waals surface area contributed by atoms with Gasteiger partial charge in [-0.05, 0) is 24.6 Å². The van der Waals surface area contributed by atoms with Crippen LogP contribution in [0.25, 0.3) is 5.70 Å². The highest BCUT2D eigenvalue weighted by Crippen LogP contribution is 2.40.